The van der Waals surface area contributed by atoms with Crippen molar-refractivity contribution in [3.05, 3.63) is 81.6 Å². The van der Waals surface area contributed by atoms with Crippen LogP contribution in [0.1, 0.15) is 31.8 Å². The maximum absolute atomic E-state index is 12.1. The van der Waals surface area contributed by atoms with Gasteiger partial charge in [-0.2, -0.15) is 0 Å². The Morgan fingerprint density at radius 3 is 1.38 bits per heavy atom. The van der Waals surface area contributed by atoms with Crippen molar-refractivity contribution in [2.75, 3.05) is 5.08 Å². The lowest BCUT2D eigenvalue weighted by molar-refractivity contribution is 0.0686. The summed E-state index contributed by atoms with van der Waals surface area (Å²) in [7, 11) is -8.48. The van der Waals surface area contributed by atoms with Crippen molar-refractivity contribution in [2.24, 2.45) is 0 Å². The second-order valence-corrected chi connectivity index (χ2v) is 9.97. The van der Waals surface area contributed by atoms with E-state index in [1.54, 1.807) is 0 Å². The number of benzene rings is 2. The molecule has 0 unspecified atom stereocenters. The van der Waals surface area contributed by atoms with Crippen LogP contribution in [0.15, 0.2) is 59.3 Å². The van der Waals surface area contributed by atoms with Crippen LogP contribution in [-0.4, -0.2) is 44.1 Å². The van der Waals surface area contributed by atoms with Crippen LogP contribution < -0.4 is 0 Å². The zero-order valence-corrected chi connectivity index (χ0v) is 16.4. The van der Waals surface area contributed by atoms with Crippen LogP contribution in [0.25, 0.3) is 12.2 Å². The minimum absolute atomic E-state index is 0.104. The van der Waals surface area contributed by atoms with Gasteiger partial charge in [-0.15, -0.1) is 0 Å². The maximum Gasteiger partial charge on any atom is 0.336 e. The lowest BCUT2D eigenvalue weighted by atomic mass is 10.1. The smallest absolute Gasteiger partial charge is 0.336 e. The number of carboxylic acid groups (broad SMARTS) is 2. The fourth-order valence-electron chi connectivity index (χ4n) is 2.34. The second-order valence-electron chi connectivity index (χ2n) is 5.83. The number of aromatic carboxylic acids is 2. The lowest BCUT2D eigenvalue weighted by Gasteiger charge is -2.02. The highest BCUT2D eigenvalue weighted by Crippen LogP contribution is 2.15. The SMILES string of the molecule is O=C(O)c1ccccc1C=CS(=O)(=O)CS(=O)(=O)C=Cc1ccccc1C(=O)O. The van der Waals surface area contributed by atoms with Gasteiger partial charge in [0.25, 0.3) is 0 Å². The topological polar surface area (TPSA) is 143 Å². The van der Waals surface area contributed by atoms with E-state index in [1.807, 2.05) is 0 Å². The van der Waals surface area contributed by atoms with Crippen molar-refractivity contribution >= 4 is 43.8 Å². The van der Waals surface area contributed by atoms with Crippen molar-refractivity contribution in [1.82, 2.24) is 0 Å². The summed E-state index contributed by atoms with van der Waals surface area (Å²) < 4.78 is 48.6. The molecule has 2 N–H and O–H groups in total. The molecule has 152 valence electrons. The van der Waals surface area contributed by atoms with E-state index in [-0.39, 0.29) is 22.3 Å². The van der Waals surface area contributed by atoms with E-state index in [9.17, 15) is 26.4 Å². The number of sulfone groups is 2. The highest BCUT2D eigenvalue weighted by Gasteiger charge is 2.18. The van der Waals surface area contributed by atoms with Crippen molar-refractivity contribution in [3.63, 3.8) is 0 Å². The molecule has 29 heavy (non-hydrogen) atoms. The molecule has 0 spiro atoms. The number of hydrogen-bond acceptors (Lipinski definition) is 6. The van der Waals surface area contributed by atoms with Crippen molar-refractivity contribution < 1.29 is 36.6 Å². The van der Waals surface area contributed by atoms with Crippen molar-refractivity contribution in [1.29, 1.82) is 0 Å². The van der Waals surface area contributed by atoms with Crippen LogP contribution in [-0.2, 0) is 19.7 Å². The molecule has 2 aromatic rings. The molecule has 8 nitrogen and oxygen atoms in total. The third-order valence-corrected chi connectivity index (χ3v) is 7.35. The molecule has 0 aliphatic carbocycles. The summed E-state index contributed by atoms with van der Waals surface area (Å²) >= 11 is 0. The summed E-state index contributed by atoms with van der Waals surface area (Å²) in [6, 6.07) is 11.3. The van der Waals surface area contributed by atoms with Crippen LogP contribution in [0.4, 0.5) is 0 Å². The molecule has 2 aromatic carbocycles. The summed E-state index contributed by atoms with van der Waals surface area (Å²) in [6.07, 6.45) is 2.02. The van der Waals surface area contributed by atoms with Gasteiger partial charge in [-0.3, -0.25) is 0 Å². The zero-order chi connectivity index (χ0) is 21.7. The Hall–Kier alpha value is -3.24. The fraction of sp³-hybridized carbons (Fsp3) is 0.0526. The Morgan fingerprint density at radius 1 is 0.690 bits per heavy atom. The third kappa shape index (κ3) is 6.40. The quantitative estimate of drug-likeness (QED) is 0.642. The average Bonchev–Trinajstić information content (AvgIpc) is 2.64. The van der Waals surface area contributed by atoms with Gasteiger partial charge in [0.1, 0.15) is 0 Å². The summed E-state index contributed by atoms with van der Waals surface area (Å²) in [6.45, 7) is 0. The maximum atomic E-state index is 12.1. The molecule has 0 saturated heterocycles. The number of carbonyl (C=O) groups is 2. The molecular formula is C19H16O8S2. The van der Waals surface area contributed by atoms with E-state index >= 15 is 0 Å². The Bertz CT molecular complexity index is 1110. The van der Waals surface area contributed by atoms with Crippen LogP contribution in [0, 0.1) is 0 Å². The average molecular weight is 436 g/mol. The van der Waals surface area contributed by atoms with E-state index < -0.39 is 36.7 Å². The Kier molecular flexibility index (Phi) is 6.72. The van der Waals surface area contributed by atoms with Gasteiger partial charge in [-0.1, -0.05) is 36.4 Å². The first-order valence-electron chi connectivity index (χ1n) is 7.97. The normalized spacial score (nSPS) is 12.4. The summed E-state index contributed by atoms with van der Waals surface area (Å²) in [5.74, 6) is -2.51. The summed E-state index contributed by atoms with van der Waals surface area (Å²) in [4.78, 5) is 22.3. The van der Waals surface area contributed by atoms with E-state index in [1.165, 1.54) is 48.5 Å². The lowest BCUT2D eigenvalue weighted by Crippen LogP contribution is -2.12. The first-order chi connectivity index (χ1) is 13.5. The van der Waals surface area contributed by atoms with Crippen molar-refractivity contribution in [2.45, 2.75) is 0 Å². The Morgan fingerprint density at radius 2 is 1.03 bits per heavy atom. The van der Waals surface area contributed by atoms with Crippen LogP contribution in [0.5, 0.6) is 0 Å². The third-order valence-electron chi connectivity index (χ3n) is 3.62. The van der Waals surface area contributed by atoms with Gasteiger partial charge in [0.15, 0.2) is 24.8 Å². The van der Waals surface area contributed by atoms with Gasteiger partial charge < -0.3 is 10.2 Å². The largest absolute Gasteiger partial charge is 0.478 e. The molecular weight excluding hydrogens is 420 g/mol. The predicted octanol–water partition coefficient (Wildman–Crippen LogP) is 2.51. The summed E-state index contributed by atoms with van der Waals surface area (Å²) in [5, 5.41) is 18.2. The Labute approximate surface area is 167 Å². The van der Waals surface area contributed by atoms with E-state index in [2.05, 4.69) is 0 Å². The molecule has 0 aromatic heterocycles. The molecule has 0 heterocycles. The van der Waals surface area contributed by atoms with E-state index in [0.717, 1.165) is 12.2 Å². The molecule has 0 aliphatic heterocycles. The first kappa shape index (κ1) is 22.1. The highest BCUT2D eigenvalue weighted by molar-refractivity contribution is 8.10. The molecule has 2 rings (SSSR count). The van der Waals surface area contributed by atoms with Gasteiger partial charge in [-0.05, 0) is 35.4 Å². The van der Waals surface area contributed by atoms with Gasteiger partial charge in [0, 0.05) is 10.8 Å². The predicted molar refractivity (Wildman–Crippen MR) is 108 cm³/mol. The number of rotatable bonds is 8. The monoisotopic (exact) mass is 436 g/mol. The zero-order valence-electron chi connectivity index (χ0n) is 14.8. The minimum atomic E-state index is -4.24. The minimum Gasteiger partial charge on any atom is -0.478 e. The molecule has 0 bridgehead atoms. The summed E-state index contributed by atoms with van der Waals surface area (Å²) in [5.41, 5.74) is -0.0576. The van der Waals surface area contributed by atoms with Gasteiger partial charge in [-0.25, -0.2) is 26.4 Å². The van der Waals surface area contributed by atoms with Gasteiger partial charge in [0.2, 0.25) is 0 Å². The van der Waals surface area contributed by atoms with Crippen LogP contribution in [0.3, 0.4) is 0 Å². The second kappa shape index (κ2) is 8.84. The van der Waals surface area contributed by atoms with Crippen molar-refractivity contribution in [3.8, 4) is 0 Å². The van der Waals surface area contributed by atoms with E-state index in [4.69, 9.17) is 10.2 Å². The molecule has 0 fully saturated rings. The molecule has 10 heteroatoms. The van der Waals surface area contributed by atoms with E-state index in [0.29, 0.717) is 10.8 Å². The molecule has 0 saturated carbocycles. The van der Waals surface area contributed by atoms with Crippen LogP contribution in [0.2, 0.25) is 0 Å². The Balaban J connectivity index is 2.24. The molecule has 0 radical (unpaired) electrons. The molecule has 0 atom stereocenters. The highest BCUT2D eigenvalue weighted by atomic mass is 32.3. The van der Waals surface area contributed by atoms with Gasteiger partial charge >= 0.3 is 11.9 Å². The van der Waals surface area contributed by atoms with Gasteiger partial charge in [0.05, 0.1) is 11.1 Å². The molecule has 0 aliphatic rings. The number of hydrogen-bond donors (Lipinski definition) is 2. The number of carboxylic acids is 2. The fourth-order valence-corrected chi connectivity index (χ4v) is 5.50. The standard InChI is InChI=1S/C19H16O8S2/c20-18(21)16-7-3-1-5-14(16)9-11-28(24,25)13-29(26,27)12-10-15-6-2-4-8-17(15)19(22)23/h1-12H,13H2,(H,20,21)(H,22,23). The first-order valence-corrected chi connectivity index (χ1v) is 11.4. The molecule has 0 amide bonds. The van der Waals surface area contributed by atoms with Crippen LogP contribution >= 0.6 is 0 Å².